The lowest BCUT2D eigenvalue weighted by Gasteiger charge is -2.20. The van der Waals surface area contributed by atoms with Gasteiger partial charge in [0.05, 0.1) is 18.6 Å². The Balaban J connectivity index is 1.88. The van der Waals surface area contributed by atoms with Gasteiger partial charge in [-0.1, -0.05) is 18.2 Å². The molecule has 0 radical (unpaired) electrons. The first-order valence-corrected chi connectivity index (χ1v) is 6.82. The summed E-state index contributed by atoms with van der Waals surface area (Å²) in [5.41, 5.74) is 1.45. The van der Waals surface area contributed by atoms with E-state index in [0.717, 1.165) is 11.3 Å². The molecule has 2 aliphatic rings. The van der Waals surface area contributed by atoms with Crippen LogP contribution in [-0.2, 0) is 14.3 Å². The molecule has 20 heavy (non-hydrogen) atoms. The van der Waals surface area contributed by atoms with E-state index < -0.39 is 11.9 Å². The monoisotopic (exact) mass is 275 g/mol. The largest absolute Gasteiger partial charge is 0.481 e. The second kappa shape index (κ2) is 4.90. The van der Waals surface area contributed by atoms with Gasteiger partial charge < -0.3 is 14.7 Å². The number of carbonyl (C=O) groups excluding carboxylic acids is 1. The third-order valence-electron chi connectivity index (χ3n) is 4.08. The minimum absolute atomic E-state index is 0.0226. The Morgan fingerprint density at radius 3 is 2.75 bits per heavy atom. The zero-order chi connectivity index (χ0) is 14.3. The molecule has 1 N–H and O–H groups in total. The van der Waals surface area contributed by atoms with Crippen molar-refractivity contribution in [1.29, 1.82) is 0 Å². The summed E-state index contributed by atoms with van der Waals surface area (Å²) in [7, 11) is 0. The molecule has 1 fully saturated rings. The summed E-state index contributed by atoms with van der Waals surface area (Å²) in [6.45, 7) is 2.60. The fourth-order valence-corrected chi connectivity index (χ4v) is 3.04. The highest BCUT2D eigenvalue weighted by Gasteiger charge is 2.40. The number of benzene rings is 1. The standard InChI is InChI=1S/C15H17NO4/c1-9-6-10(8-20-9)14(17)16-7-12(15(18)19)11-4-2-3-5-13(11)16/h2-5,9-10,12H,6-8H2,1H3,(H,18,19). The number of amides is 1. The zero-order valence-electron chi connectivity index (χ0n) is 11.3. The first-order valence-electron chi connectivity index (χ1n) is 6.82. The van der Waals surface area contributed by atoms with E-state index >= 15 is 0 Å². The summed E-state index contributed by atoms with van der Waals surface area (Å²) in [6.07, 6.45) is 0.798. The fourth-order valence-electron chi connectivity index (χ4n) is 3.04. The Hall–Kier alpha value is -1.88. The van der Waals surface area contributed by atoms with Gasteiger partial charge in [-0.25, -0.2) is 0 Å². The number of anilines is 1. The van der Waals surface area contributed by atoms with Gasteiger partial charge in [-0.3, -0.25) is 9.59 Å². The van der Waals surface area contributed by atoms with E-state index in [1.54, 1.807) is 11.0 Å². The molecule has 0 spiro atoms. The minimum Gasteiger partial charge on any atom is -0.481 e. The Kier molecular flexibility index (Phi) is 3.22. The molecule has 1 amide bonds. The van der Waals surface area contributed by atoms with Crippen LogP contribution in [0.1, 0.15) is 24.8 Å². The molecule has 1 aromatic rings. The smallest absolute Gasteiger partial charge is 0.312 e. The third kappa shape index (κ3) is 2.08. The van der Waals surface area contributed by atoms with Crippen LogP contribution in [0.4, 0.5) is 5.69 Å². The van der Waals surface area contributed by atoms with Crippen LogP contribution in [0, 0.1) is 5.92 Å². The van der Waals surface area contributed by atoms with E-state index in [4.69, 9.17) is 4.74 Å². The van der Waals surface area contributed by atoms with Crippen LogP contribution in [0.2, 0.25) is 0 Å². The molecular weight excluding hydrogens is 258 g/mol. The highest BCUT2D eigenvalue weighted by Crippen LogP contribution is 2.38. The molecule has 3 unspecified atom stereocenters. The Morgan fingerprint density at radius 2 is 2.10 bits per heavy atom. The first-order chi connectivity index (χ1) is 9.58. The maximum atomic E-state index is 12.6. The molecule has 0 aromatic heterocycles. The SMILES string of the molecule is CC1CC(C(=O)N2CC(C(=O)O)c3ccccc32)CO1. The maximum absolute atomic E-state index is 12.6. The average molecular weight is 275 g/mol. The number of para-hydroxylation sites is 1. The predicted molar refractivity (Wildman–Crippen MR) is 72.7 cm³/mol. The highest BCUT2D eigenvalue weighted by molar-refractivity contribution is 6.00. The summed E-state index contributed by atoms with van der Waals surface area (Å²) >= 11 is 0. The van der Waals surface area contributed by atoms with Gasteiger partial charge in [0.1, 0.15) is 5.92 Å². The lowest BCUT2D eigenvalue weighted by molar-refractivity contribution is -0.138. The quantitative estimate of drug-likeness (QED) is 0.890. The number of carboxylic acids is 1. The summed E-state index contributed by atoms with van der Waals surface area (Å²) in [5.74, 6) is -1.70. The van der Waals surface area contributed by atoms with Crippen molar-refractivity contribution < 1.29 is 19.4 Å². The number of fused-ring (bicyclic) bond motifs is 1. The van der Waals surface area contributed by atoms with Gasteiger partial charge >= 0.3 is 5.97 Å². The number of aliphatic carboxylic acids is 1. The topological polar surface area (TPSA) is 66.8 Å². The van der Waals surface area contributed by atoms with Crippen LogP contribution >= 0.6 is 0 Å². The second-order valence-electron chi connectivity index (χ2n) is 5.48. The van der Waals surface area contributed by atoms with Crippen molar-refractivity contribution in [3.8, 4) is 0 Å². The van der Waals surface area contributed by atoms with Crippen LogP contribution in [0.5, 0.6) is 0 Å². The van der Waals surface area contributed by atoms with Crippen molar-refractivity contribution in [2.75, 3.05) is 18.1 Å². The van der Waals surface area contributed by atoms with E-state index in [1.165, 1.54) is 0 Å². The van der Waals surface area contributed by atoms with Crippen LogP contribution < -0.4 is 4.90 Å². The molecule has 2 aliphatic heterocycles. The van der Waals surface area contributed by atoms with E-state index in [-0.39, 0.29) is 24.5 Å². The molecule has 0 aliphatic carbocycles. The predicted octanol–water partition coefficient (Wildman–Crippen LogP) is 1.63. The molecule has 1 aromatic carbocycles. The number of carbonyl (C=O) groups is 2. The van der Waals surface area contributed by atoms with Crippen molar-refractivity contribution in [3.05, 3.63) is 29.8 Å². The van der Waals surface area contributed by atoms with Crippen LogP contribution in [0.15, 0.2) is 24.3 Å². The molecule has 3 rings (SSSR count). The van der Waals surface area contributed by atoms with Crippen molar-refractivity contribution in [1.82, 2.24) is 0 Å². The van der Waals surface area contributed by atoms with Gasteiger partial charge in [0.2, 0.25) is 5.91 Å². The third-order valence-corrected chi connectivity index (χ3v) is 4.08. The van der Waals surface area contributed by atoms with Crippen LogP contribution in [0.3, 0.4) is 0 Å². The molecule has 0 bridgehead atoms. The molecule has 3 atom stereocenters. The first kappa shape index (κ1) is 13.1. The number of rotatable bonds is 2. The molecule has 2 heterocycles. The van der Waals surface area contributed by atoms with Crippen molar-refractivity contribution in [2.45, 2.75) is 25.4 Å². The number of ether oxygens (including phenoxy) is 1. The number of hydrogen-bond acceptors (Lipinski definition) is 3. The molecule has 1 saturated heterocycles. The van der Waals surface area contributed by atoms with Gasteiger partial charge in [-0.15, -0.1) is 0 Å². The van der Waals surface area contributed by atoms with Crippen molar-refractivity contribution in [3.63, 3.8) is 0 Å². The van der Waals surface area contributed by atoms with Gasteiger partial charge in [0, 0.05) is 12.2 Å². The van der Waals surface area contributed by atoms with E-state index in [2.05, 4.69) is 0 Å². The average Bonchev–Trinajstić information content (AvgIpc) is 3.02. The second-order valence-corrected chi connectivity index (χ2v) is 5.48. The van der Waals surface area contributed by atoms with E-state index in [0.29, 0.717) is 13.0 Å². The molecule has 0 saturated carbocycles. The van der Waals surface area contributed by atoms with E-state index in [9.17, 15) is 14.7 Å². The van der Waals surface area contributed by atoms with E-state index in [1.807, 2.05) is 25.1 Å². The van der Waals surface area contributed by atoms with Crippen molar-refractivity contribution in [2.24, 2.45) is 5.92 Å². The Morgan fingerprint density at radius 1 is 1.35 bits per heavy atom. The fraction of sp³-hybridized carbons (Fsp3) is 0.467. The molecular formula is C15H17NO4. The maximum Gasteiger partial charge on any atom is 0.312 e. The van der Waals surface area contributed by atoms with Gasteiger partial charge in [0.25, 0.3) is 0 Å². The zero-order valence-corrected chi connectivity index (χ0v) is 11.3. The molecule has 5 nitrogen and oxygen atoms in total. The number of hydrogen-bond donors (Lipinski definition) is 1. The molecule has 106 valence electrons. The Bertz CT molecular complexity index is 557. The van der Waals surface area contributed by atoms with Crippen LogP contribution in [-0.4, -0.2) is 36.2 Å². The summed E-state index contributed by atoms with van der Waals surface area (Å²) in [5, 5.41) is 9.30. The number of nitrogens with zero attached hydrogens (tertiary/aromatic N) is 1. The normalized spacial score (nSPS) is 28.4. The molecule has 5 heteroatoms. The van der Waals surface area contributed by atoms with Gasteiger partial charge in [-0.05, 0) is 25.0 Å². The summed E-state index contributed by atoms with van der Waals surface area (Å²) < 4.78 is 5.44. The van der Waals surface area contributed by atoms with Crippen LogP contribution in [0.25, 0.3) is 0 Å². The van der Waals surface area contributed by atoms with Gasteiger partial charge in [-0.2, -0.15) is 0 Å². The minimum atomic E-state index is -0.885. The Labute approximate surface area is 117 Å². The van der Waals surface area contributed by atoms with Crippen molar-refractivity contribution >= 4 is 17.6 Å². The summed E-state index contributed by atoms with van der Waals surface area (Å²) in [4.78, 5) is 25.5. The number of carboxylic acid groups (broad SMARTS) is 1. The lowest BCUT2D eigenvalue weighted by atomic mass is 10.0. The summed E-state index contributed by atoms with van der Waals surface area (Å²) in [6, 6.07) is 7.24. The lowest BCUT2D eigenvalue weighted by Crippen LogP contribution is -2.36. The van der Waals surface area contributed by atoms with Gasteiger partial charge in [0.15, 0.2) is 0 Å². The highest BCUT2D eigenvalue weighted by atomic mass is 16.5.